The Hall–Kier alpha value is -0.770. The highest BCUT2D eigenvalue weighted by molar-refractivity contribution is 7.09. The minimum Gasteiger partial charge on any atom is -0.453 e. The Bertz CT molecular complexity index is 438. The Labute approximate surface area is 111 Å². The zero-order valence-corrected chi connectivity index (χ0v) is 11.4. The molecule has 17 heavy (non-hydrogen) atoms. The van der Waals surface area contributed by atoms with Crippen molar-refractivity contribution in [3.63, 3.8) is 0 Å². The molecule has 2 aromatic rings. The number of halogens is 1. The summed E-state index contributed by atoms with van der Waals surface area (Å²) in [4.78, 5) is 1.41. The van der Waals surface area contributed by atoms with Crippen molar-refractivity contribution in [1.29, 1.82) is 0 Å². The highest BCUT2D eigenvalue weighted by Crippen LogP contribution is 2.27. The van der Waals surface area contributed by atoms with Crippen LogP contribution in [0, 0.1) is 0 Å². The Balaban J connectivity index is 2.00. The lowest BCUT2D eigenvalue weighted by Crippen LogP contribution is -2.21. The molecule has 0 saturated heterocycles. The van der Waals surface area contributed by atoms with Gasteiger partial charge in [0.05, 0.1) is 6.26 Å². The molecule has 0 spiro atoms. The average Bonchev–Trinajstić information content (AvgIpc) is 2.95. The Kier molecular flexibility index (Phi) is 4.66. The fraction of sp³-hybridized carbons (Fsp3) is 0.385. The van der Waals surface area contributed by atoms with E-state index in [1.165, 1.54) is 4.88 Å². The Morgan fingerprint density at radius 1 is 1.47 bits per heavy atom. The quantitative estimate of drug-likeness (QED) is 0.847. The van der Waals surface area contributed by atoms with E-state index in [0.29, 0.717) is 5.22 Å². The molecule has 0 aliphatic heterocycles. The van der Waals surface area contributed by atoms with Crippen LogP contribution in [0.3, 0.4) is 0 Å². The summed E-state index contributed by atoms with van der Waals surface area (Å²) in [5, 5.41) is 6.06. The van der Waals surface area contributed by atoms with Gasteiger partial charge in [-0.15, -0.1) is 11.3 Å². The molecular weight excluding hydrogens is 254 g/mol. The lowest BCUT2D eigenvalue weighted by molar-refractivity contribution is 0.503. The molecule has 0 amide bonds. The largest absolute Gasteiger partial charge is 0.453 e. The molecule has 0 saturated carbocycles. The summed E-state index contributed by atoms with van der Waals surface area (Å²) in [6.07, 6.45) is 3.75. The SMILES string of the molecule is CCNC(CCc1cccs1)c1ccoc1Cl. The van der Waals surface area contributed by atoms with Gasteiger partial charge in [-0.3, -0.25) is 0 Å². The Morgan fingerprint density at radius 2 is 2.35 bits per heavy atom. The fourth-order valence-electron chi connectivity index (χ4n) is 1.91. The molecule has 0 aromatic carbocycles. The van der Waals surface area contributed by atoms with Crippen molar-refractivity contribution in [2.45, 2.75) is 25.8 Å². The van der Waals surface area contributed by atoms with Gasteiger partial charge in [-0.2, -0.15) is 0 Å². The van der Waals surface area contributed by atoms with Crippen LogP contribution in [0.15, 0.2) is 34.3 Å². The number of furan rings is 1. The predicted octanol–water partition coefficient (Wildman–Crippen LogP) is 4.28. The molecule has 0 fully saturated rings. The highest BCUT2D eigenvalue weighted by Gasteiger charge is 2.16. The first-order valence-corrected chi connectivity index (χ1v) is 7.05. The minimum absolute atomic E-state index is 0.272. The van der Waals surface area contributed by atoms with Gasteiger partial charge in [0.1, 0.15) is 0 Å². The summed E-state index contributed by atoms with van der Waals surface area (Å²) >= 11 is 7.83. The molecule has 0 aliphatic rings. The molecule has 4 heteroatoms. The number of nitrogens with one attached hydrogen (secondary N) is 1. The van der Waals surface area contributed by atoms with Crippen LogP contribution in [0.5, 0.6) is 0 Å². The zero-order chi connectivity index (χ0) is 12.1. The maximum Gasteiger partial charge on any atom is 0.197 e. The molecule has 0 bridgehead atoms. The fourth-order valence-corrected chi connectivity index (χ4v) is 2.88. The summed E-state index contributed by atoms with van der Waals surface area (Å²) in [5.41, 5.74) is 1.06. The second-order valence-corrected chi connectivity index (χ2v) is 5.25. The van der Waals surface area contributed by atoms with Crippen molar-refractivity contribution in [1.82, 2.24) is 5.32 Å². The van der Waals surface area contributed by atoms with Crippen LogP contribution >= 0.6 is 22.9 Å². The molecule has 1 N–H and O–H groups in total. The van der Waals surface area contributed by atoms with Crippen LogP contribution in [0.4, 0.5) is 0 Å². The number of thiophene rings is 1. The van der Waals surface area contributed by atoms with Crippen molar-refractivity contribution < 1.29 is 4.42 Å². The Morgan fingerprint density at radius 3 is 2.94 bits per heavy atom. The second-order valence-electron chi connectivity index (χ2n) is 3.88. The minimum atomic E-state index is 0.272. The van der Waals surface area contributed by atoms with E-state index in [1.807, 2.05) is 6.07 Å². The molecule has 1 unspecified atom stereocenters. The monoisotopic (exact) mass is 269 g/mol. The lowest BCUT2D eigenvalue weighted by atomic mass is 10.0. The van der Waals surface area contributed by atoms with Gasteiger partial charge in [-0.25, -0.2) is 0 Å². The standard InChI is InChI=1S/C13H16ClNOS/c1-2-15-12(11-7-8-16-13(11)14)6-5-10-4-3-9-17-10/h3-4,7-9,12,15H,2,5-6H2,1H3. The summed E-state index contributed by atoms with van der Waals surface area (Å²) in [5.74, 6) is 0. The topological polar surface area (TPSA) is 25.2 Å². The predicted molar refractivity (Wildman–Crippen MR) is 72.8 cm³/mol. The van der Waals surface area contributed by atoms with Gasteiger partial charge in [-0.1, -0.05) is 13.0 Å². The van der Waals surface area contributed by atoms with Gasteiger partial charge in [0.2, 0.25) is 0 Å². The normalized spacial score (nSPS) is 12.8. The van der Waals surface area contributed by atoms with Crippen LogP contribution in [0.2, 0.25) is 5.22 Å². The maximum atomic E-state index is 6.03. The maximum absolute atomic E-state index is 6.03. The van der Waals surface area contributed by atoms with Gasteiger partial charge >= 0.3 is 0 Å². The van der Waals surface area contributed by atoms with Gasteiger partial charge in [0.15, 0.2) is 5.22 Å². The second kappa shape index (κ2) is 6.24. The van der Waals surface area contributed by atoms with E-state index in [9.17, 15) is 0 Å². The van der Waals surface area contributed by atoms with Gasteiger partial charge in [0, 0.05) is 16.5 Å². The van der Waals surface area contributed by atoms with E-state index in [4.69, 9.17) is 16.0 Å². The van der Waals surface area contributed by atoms with Crippen LogP contribution < -0.4 is 5.32 Å². The van der Waals surface area contributed by atoms with E-state index < -0.39 is 0 Å². The van der Waals surface area contributed by atoms with E-state index in [-0.39, 0.29) is 6.04 Å². The highest BCUT2D eigenvalue weighted by atomic mass is 35.5. The van der Waals surface area contributed by atoms with Crippen LogP contribution in [0.25, 0.3) is 0 Å². The van der Waals surface area contributed by atoms with Crippen molar-refractivity contribution >= 4 is 22.9 Å². The molecule has 2 rings (SSSR count). The number of rotatable bonds is 6. The van der Waals surface area contributed by atoms with E-state index in [1.54, 1.807) is 17.6 Å². The van der Waals surface area contributed by atoms with Gasteiger partial charge < -0.3 is 9.73 Å². The summed E-state index contributed by atoms with van der Waals surface area (Å²) < 4.78 is 5.16. The van der Waals surface area contributed by atoms with Crippen molar-refractivity contribution in [3.05, 3.63) is 45.5 Å². The van der Waals surface area contributed by atoms with Gasteiger partial charge in [0.25, 0.3) is 0 Å². The smallest absolute Gasteiger partial charge is 0.197 e. The third-order valence-electron chi connectivity index (χ3n) is 2.73. The number of hydrogen-bond acceptors (Lipinski definition) is 3. The molecule has 92 valence electrons. The first-order chi connectivity index (χ1) is 8.31. The first-order valence-electron chi connectivity index (χ1n) is 5.80. The molecule has 2 aromatic heterocycles. The molecule has 2 nitrogen and oxygen atoms in total. The average molecular weight is 270 g/mol. The number of aryl methyl sites for hydroxylation is 1. The van der Waals surface area contributed by atoms with Crippen LogP contribution in [-0.2, 0) is 6.42 Å². The van der Waals surface area contributed by atoms with Gasteiger partial charge in [-0.05, 0) is 48.5 Å². The zero-order valence-electron chi connectivity index (χ0n) is 9.78. The molecule has 0 aliphatic carbocycles. The van der Waals surface area contributed by atoms with Crippen molar-refractivity contribution in [2.75, 3.05) is 6.54 Å². The summed E-state index contributed by atoms with van der Waals surface area (Å²) in [6.45, 7) is 3.03. The summed E-state index contributed by atoms with van der Waals surface area (Å²) in [7, 11) is 0. The van der Waals surface area contributed by atoms with Crippen molar-refractivity contribution in [2.24, 2.45) is 0 Å². The van der Waals surface area contributed by atoms with Crippen LogP contribution in [0.1, 0.15) is 29.8 Å². The lowest BCUT2D eigenvalue weighted by Gasteiger charge is -2.16. The van der Waals surface area contributed by atoms with E-state index in [2.05, 4.69) is 29.8 Å². The molecular formula is C13H16ClNOS. The number of hydrogen-bond donors (Lipinski definition) is 1. The third kappa shape index (κ3) is 3.35. The first kappa shape index (κ1) is 12.7. The van der Waals surface area contributed by atoms with Crippen molar-refractivity contribution in [3.8, 4) is 0 Å². The van der Waals surface area contributed by atoms with Crippen LogP contribution in [-0.4, -0.2) is 6.54 Å². The van der Waals surface area contributed by atoms with E-state index >= 15 is 0 Å². The molecule has 0 radical (unpaired) electrons. The summed E-state index contributed by atoms with van der Waals surface area (Å²) in [6, 6.07) is 6.48. The molecule has 2 heterocycles. The third-order valence-corrected chi connectivity index (χ3v) is 3.98. The van der Waals surface area contributed by atoms with E-state index in [0.717, 1.165) is 24.9 Å². The molecule has 1 atom stereocenters.